The van der Waals surface area contributed by atoms with E-state index in [-0.39, 0.29) is 0 Å². The van der Waals surface area contributed by atoms with E-state index in [1.807, 2.05) is 0 Å². The summed E-state index contributed by atoms with van der Waals surface area (Å²) in [6.07, 6.45) is 1.14. The average molecular weight is 229 g/mol. The lowest BCUT2D eigenvalue weighted by Gasteiger charge is -2.10. The van der Waals surface area contributed by atoms with Crippen molar-refractivity contribution in [1.29, 1.82) is 0 Å². The van der Waals surface area contributed by atoms with E-state index in [9.17, 15) is 0 Å². The third-order valence-corrected chi connectivity index (χ3v) is 3.35. The van der Waals surface area contributed by atoms with E-state index in [1.165, 1.54) is 27.7 Å². The summed E-state index contributed by atoms with van der Waals surface area (Å²) in [5, 5.41) is 1.41. The summed E-state index contributed by atoms with van der Waals surface area (Å²) in [7, 11) is 0. The Bertz CT molecular complexity index is 518. The van der Waals surface area contributed by atoms with Crippen molar-refractivity contribution >= 4 is 10.9 Å². The van der Waals surface area contributed by atoms with E-state index in [0.717, 1.165) is 6.42 Å². The van der Waals surface area contributed by atoms with Gasteiger partial charge in [0.2, 0.25) is 0 Å². The molecule has 1 N–H and O–H groups in total. The minimum absolute atomic E-state index is 0.583. The molecule has 0 aliphatic carbocycles. The highest BCUT2D eigenvalue weighted by Gasteiger charge is 2.15. The monoisotopic (exact) mass is 229 g/mol. The Kier molecular flexibility index (Phi) is 3.28. The topological polar surface area (TPSA) is 15.8 Å². The van der Waals surface area contributed by atoms with Crippen molar-refractivity contribution in [2.45, 2.75) is 47.0 Å². The van der Waals surface area contributed by atoms with Crippen LogP contribution in [0.1, 0.15) is 50.4 Å². The zero-order valence-corrected chi connectivity index (χ0v) is 11.6. The number of hydrogen-bond acceptors (Lipinski definition) is 0. The molecule has 0 amide bonds. The molecular formula is C16H23N. The number of H-pyrrole nitrogens is 1. The van der Waals surface area contributed by atoms with Gasteiger partial charge in [0.1, 0.15) is 0 Å². The van der Waals surface area contributed by atoms with Crippen LogP contribution in [0.5, 0.6) is 0 Å². The maximum absolute atomic E-state index is 3.65. The second-order valence-electron chi connectivity index (χ2n) is 5.77. The highest BCUT2D eigenvalue weighted by atomic mass is 14.7. The fourth-order valence-electron chi connectivity index (χ4n) is 2.67. The van der Waals surface area contributed by atoms with Gasteiger partial charge in [-0.2, -0.15) is 0 Å². The fraction of sp³-hybridized carbons (Fsp3) is 0.500. The third-order valence-electron chi connectivity index (χ3n) is 3.35. The van der Waals surface area contributed by atoms with Gasteiger partial charge in [-0.1, -0.05) is 45.9 Å². The van der Waals surface area contributed by atoms with E-state index >= 15 is 0 Å². The number of hydrogen-bond donors (Lipinski definition) is 1. The SMILES string of the molecule is Cc1cccc2c(C(C)C)c(CC(C)C)[nH]c12. The van der Waals surface area contributed by atoms with Crippen LogP contribution in [0.3, 0.4) is 0 Å². The Morgan fingerprint density at radius 1 is 1.12 bits per heavy atom. The van der Waals surface area contributed by atoms with Crippen LogP contribution in [0.2, 0.25) is 0 Å². The molecule has 0 saturated carbocycles. The summed E-state index contributed by atoms with van der Waals surface area (Å²) >= 11 is 0. The first-order valence-electron chi connectivity index (χ1n) is 6.60. The minimum atomic E-state index is 0.583. The van der Waals surface area contributed by atoms with Gasteiger partial charge in [0.25, 0.3) is 0 Å². The molecule has 0 spiro atoms. The largest absolute Gasteiger partial charge is 0.358 e. The third kappa shape index (κ3) is 2.24. The molecule has 1 aromatic carbocycles. The van der Waals surface area contributed by atoms with Crippen LogP contribution in [0.25, 0.3) is 10.9 Å². The zero-order chi connectivity index (χ0) is 12.6. The molecule has 0 unspecified atom stereocenters. The molecule has 0 saturated heterocycles. The lowest BCUT2D eigenvalue weighted by Crippen LogP contribution is -1.99. The van der Waals surface area contributed by atoms with Crippen molar-refractivity contribution < 1.29 is 0 Å². The number of nitrogens with one attached hydrogen (secondary N) is 1. The normalized spacial score (nSPS) is 11.9. The molecule has 0 atom stereocenters. The van der Waals surface area contributed by atoms with Gasteiger partial charge >= 0.3 is 0 Å². The summed E-state index contributed by atoms with van der Waals surface area (Å²) < 4.78 is 0. The molecule has 92 valence electrons. The van der Waals surface area contributed by atoms with Crippen LogP contribution >= 0.6 is 0 Å². The van der Waals surface area contributed by atoms with Crippen molar-refractivity contribution in [3.8, 4) is 0 Å². The smallest absolute Gasteiger partial charge is 0.0488 e. The standard InChI is InChI=1S/C16H23N/c1-10(2)9-14-15(11(3)4)13-8-6-7-12(5)16(13)17-14/h6-8,10-11,17H,9H2,1-5H3. The number of aryl methyl sites for hydroxylation is 1. The molecule has 0 radical (unpaired) electrons. The fourth-order valence-corrected chi connectivity index (χ4v) is 2.67. The second-order valence-corrected chi connectivity index (χ2v) is 5.77. The molecule has 1 aromatic heterocycles. The van der Waals surface area contributed by atoms with Gasteiger partial charge < -0.3 is 4.98 Å². The van der Waals surface area contributed by atoms with Gasteiger partial charge in [0.05, 0.1) is 0 Å². The van der Waals surface area contributed by atoms with Crippen molar-refractivity contribution in [3.63, 3.8) is 0 Å². The summed E-state index contributed by atoms with van der Waals surface area (Å²) in [6.45, 7) is 11.3. The summed E-state index contributed by atoms with van der Waals surface area (Å²) in [4.78, 5) is 3.65. The number of fused-ring (bicyclic) bond motifs is 1. The molecule has 0 fully saturated rings. The van der Waals surface area contributed by atoms with Gasteiger partial charge in [0, 0.05) is 16.6 Å². The molecule has 0 bridgehead atoms. The Morgan fingerprint density at radius 3 is 2.41 bits per heavy atom. The Balaban J connectivity index is 2.66. The Hall–Kier alpha value is -1.24. The van der Waals surface area contributed by atoms with E-state index in [1.54, 1.807) is 0 Å². The Morgan fingerprint density at radius 2 is 1.82 bits per heavy atom. The molecule has 1 heterocycles. The summed E-state index contributed by atoms with van der Waals surface area (Å²) in [5.74, 6) is 1.28. The zero-order valence-electron chi connectivity index (χ0n) is 11.6. The van der Waals surface area contributed by atoms with E-state index in [0.29, 0.717) is 11.8 Å². The van der Waals surface area contributed by atoms with Gasteiger partial charge in [-0.05, 0) is 36.3 Å². The van der Waals surface area contributed by atoms with E-state index in [4.69, 9.17) is 0 Å². The minimum Gasteiger partial charge on any atom is -0.358 e. The molecular weight excluding hydrogens is 206 g/mol. The average Bonchev–Trinajstić information content (AvgIpc) is 2.56. The van der Waals surface area contributed by atoms with E-state index < -0.39 is 0 Å². The second kappa shape index (κ2) is 4.56. The quantitative estimate of drug-likeness (QED) is 0.778. The van der Waals surface area contributed by atoms with Gasteiger partial charge in [-0.3, -0.25) is 0 Å². The van der Waals surface area contributed by atoms with Crippen molar-refractivity contribution in [2.75, 3.05) is 0 Å². The van der Waals surface area contributed by atoms with Crippen molar-refractivity contribution in [3.05, 3.63) is 35.0 Å². The molecule has 2 rings (SSSR count). The predicted molar refractivity (Wildman–Crippen MR) is 75.7 cm³/mol. The lowest BCUT2D eigenvalue weighted by atomic mass is 9.95. The molecule has 1 nitrogen and oxygen atoms in total. The van der Waals surface area contributed by atoms with Crippen LogP contribution in [-0.2, 0) is 6.42 Å². The summed E-state index contributed by atoms with van der Waals surface area (Å²) in [6, 6.07) is 6.59. The first kappa shape index (κ1) is 12.2. The molecule has 17 heavy (non-hydrogen) atoms. The number of para-hydroxylation sites is 1. The highest BCUT2D eigenvalue weighted by molar-refractivity contribution is 5.87. The first-order chi connectivity index (χ1) is 8.00. The van der Waals surface area contributed by atoms with Crippen molar-refractivity contribution in [1.82, 2.24) is 4.98 Å². The number of benzene rings is 1. The van der Waals surface area contributed by atoms with Crippen LogP contribution in [0.15, 0.2) is 18.2 Å². The molecule has 2 aromatic rings. The van der Waals surface area contributed by atoms with E-state index in [2.05, 4.69) is 57.8 Å². The van der Waals surface area contributed by atoms with Gasteiger partial charge in [-0.15, -0.1) is 0 Å². The Labute approximate surface area is 104 Å². The predicted octanol–water partition coefficient (Wildman–Crippen LogP) is 4.80. The lowest BCUT2D eigenvalue weighted by molar-refractivity contribution is 0.630. The van der Waals surface area contributed by atoms with Crippen LogP contribution < -0.4 is 0 Å². The molecule has 0 aliphatic rings. The van der Waals surface area contributed by atoms with Gasteiger partial charge in [0.15, 0.2) is 0 Å². The van der Waals surface area contributed by atoms with Crippen LogP contribution in [0.4, 0.5) is 0 Å². The van der Waals surface area contributed by atoms with Gasteiger partial charge in [-0.25, -0.2) is 0 Å². The highest BCUT2D eigenvalue weighted by Crippen LogP contribution is 2.31. The molecule has 0 aliphatic heterocycles. The molecule has 1 heteroatoms. The first-order valence-corrected chi connectivity index (χ1v) is 6.60. The van der Waals surface area contributed by atoms with Crippen LogP contribution in [0, 0.1) is 12.8 Å². The number of aromatic amines is 1. The maximum Gasteiger partial charge on any atom is 0.0488 e. The van der Waals surface area contributed by atoms with Crippen LogP contribution in [-0.4, -0.2) is 4.98 Å². The van der Waals surface area contributed by atoms with Crippen molar-refractivity contribution in [2.24, 2.45) is 5.92 Å². The number of rotatable bonds is 3. The summed E-state index contributed by atoms with van der Waals surface area (Å²) in [5.41, 5.74) is 5.61. The maximum atomic E-state index is 3.65. The number of aromatic nitrogens is 1.